The van der Waals surface area contributed by atoms with Crippen LogP contribution in [0.15, 0.2) is 5.03 Å². The highest BCUT2D eigenvalue weighted by molar-refractivity contribution is 8.00. The number of hydrogen-bond donors (Lipinski definition) is 1. The molecule has 1 aromatic heterocycles. The predicted octanol–water partition coefficient (Wildman–Crippen LogP) is 2.20. The molecule has 4 nitrogen and oxygen atoms in total. The van der Waals surface area contributed by atoms with Crippen molar-refractivity contribution in [2.45, 2.75) is 50.0 Å². The van der Waals surface area contributed by atoms with Gasteiger partial charge in [0.05, 0.1) is 6.10 Å². The van der Waals surface area contributed by atoms with Crippen molar-refractivity contribution in [1.82, 2.24) is 9.97 Å². The molecular formula is C12H19N3OS. The first-order valence-corrected chi connectivity index (χ1v) is 6.91. The van der Waals surface area contributed by atoms with Gasteiger partial charge in [0.25, 0.3) is 0 Å². The van der Waals surface area contributed by atoms with E-state index in [-0.39, 0.29) is 0 Å². The molecule has 0 saturated carbocycles. The first kappa shape index (κ1) is 12.6. The number of rotatable bonds is 3. The van der Waals surface area contributed by atoms with E-state index in [1.807, 2.05) is 13.8 Å². The van der Waals surface area contributed by atoms with Gasteiger partial charge in [0.1, 0.15) is 16.7 Å². The van der Waals surface area contributed by atoms with E-state index in [9.17, 15) is 0 Å². The Bertz CT molecular complexity index is 411. The minimum Gasteiger partial charge on any atom is -0.383 e. The SMILES string of the molecule is CCc1nc(N)c(C)c(SC2CCOC2C)n1. The number of aryl methyl sites for hydroxylation is 1. The van der Waals surface area contributed by atoms with Crippen LogP contribution in [0.3, 0.4) is 0 Å². The average molecular weight is 253 g/mol. The number of hydrogen-bond acceptors (Lipinski definition) is 5. The van der Waals surface area contributed by atoms with Crippen LogP contribution in [0.1, 0.15) is 31.7 Å². The topological polar surface area (TPSA) is 61.0 Å². The van der Waals surface area contributed by atoms with Gasteiger partial charge in [-0.1, -0.05) is 18.7 Å². The summed E-state index contributed by atoms with van der Waals surface area (Å²) in [7, 11) is 0. The molecule has 1 saturated heterocycles. The molecule has 1 aliphatic heterocycles. The summed E-state index contributed by atoms with van der Waals surface area (Å²) in [6.45, 7) is 6.99. The van der Waals surface area contributed by atoms with Crippen LogP contribution < -0.4 is 5.73 Å². The van der Waals surface area contributed by atoms with Crippen molar-refractivity contribution in [3.63, 3.8) is 0 Å². The molecular weight excluding hydrogens is 234 g/mol. The first-order chi connectivity index (χ1) is 8.11. The van der Waals surface area contributed by atoms with Gasteiger partial charge in [-0.25, -0.2) is 9.97 Å². The summed E-state index contributed by atoms with van der Waals surface area (Å²) in [5.41, 5.74) is 6.90. The van der Waals surface area contributed by atoms with Gasteiger partial charge < -0.3 is 10.5 Å². The van der Waals surface area contributed by atoms with E-state index < -0.39 is 0 Å². The van der Waals surface area contributed by atoms with E-state index in [0.717, 1.165) is 35.9 Å². The molecule has 1 aliphatic rings. The van der Waals surface area contributed by atoms with Gasteiger partial charge in [0, 0.05) is 23.8 Å². The summed E-state index contributed by atoms with van der Waals surface area (Å²) in [5.74, 6) is 1.42. The lowest BCUT2D eigenvalue weighted by Crippen LogP contribution is -2.14. The van der Waals surface area contributed by atoms with Gasteiger partial charge >= 0.3 is 0 Å². The van der Waals surface area contributed by atoms with Gasteiger partial charge in [0.15, 0.2) is 0 Å². The molecule has 5 heteroatoms. The molecule has 0 spiro atoms. The maximum Gasteiger partial charge on any atom is 0.131 e. The molecule has 1 aromatic rings. The monoisotopic (exact) mass is 253 g/mol. The maximum absolute atomic E-state index is 5.91. The van der Waals surface area contributed by atoms with Crippen LogP contribution in [0.25, 0.3) is 0 Å². The molecule has 2 atom stereocenters. The number of nitrogen functional groups attached to an aromatic ring is 1. The molecule has 0 aliphatic carbocycles. The molecule has 94 valence electrons. The average Bonchev–Trinajstić information content (AvgIpc) is 2.70. The Hall–Kier alpha value is -0.810. The summed E-state index contributed by atoms with van der Waals surface area (Å²) in [6.07, 6.45) is 2.19. The largest absolute Gasteiger partial charge is 0.383 e. The van der Waals surface area contributed by atoms with Gasteiger partial charge in [-0.15, -0.1) is 0 Å². The van der Waals surface area contributed by atoms with E-state index in [1.54, 1.807) is 11.8 Å². The molecule has 2 rings (SSSR count). The minimum absolute atomic E-state index is 0.292. The lowest BCUT2D eigenvalue weighted by molar-refractivity contribution is 0.127. The van der Waals surface area contributed by atoms with E-state index in [4.69, 9.17) is 10.5 Å². The van der Waals surface area contributed by atoms with Crippen molar-refractivity contribution in [1.29, 1.82) is 0 Å². The third-order valence-corrected chi connectivity index (χ3v) is 4.61. The second kappa shape index (κ2) is 5.23. The van der Waals surface area contributed by atoms with Crippen LogP contribution in [0.4, 0.5) is 5.82 Å². The molecule has 0 aromatic carbocycles. The minimum atomic E-state index is 0.292. The van der Waals surface area contributed by atoms with Gasteiger partial charge in [-0.2, -0.15) is 0 Å². The Morgan fingerprint density at radius 3 is 2.82 bits per heavy atom. The Labute approximate surface area is 106 Å². The van der Waals surface area contributed by atoms with Crippen molar-refractivity contribution in [2.75, 3.05) is 12.3 Å². The molecule has 0 radical (unpaired) electrons. The molecule has 0 bridgehead atoms. The Kier molecular flexibility index (Phi) is 3.89. The summed E-state index contributed by atoms with van der Waals surface area (Å²) in [5, 5.41) is 1.49. The second-order valence-electron chi connectivity index (χ2n) is 4.33. The van der Waals surface area contributed by atoms with E-state index >= 15 is 0 Å². The third-order valence-electron chi connectivity index (χ3n) is 3.07. The molecule has 2 heterocycles. The highest BCUT2D eigenvalue weighted by Crippen LogP contribution is 2.34. The Balaban J connectivity index is 2.22. The molecule has 17 heavy (non-hydrogen) atoms. The normalized spacial score (nSPS) is 24.2. The summed E-state index contributed by atoms with van der Waals surface area (Å²) in [6, 6.07) is 0. The Morgan fingerprint density at radius 2 is 2.24 bits per heavy atom. The summed E-state index contributed by atoms with van der Waals surface area (Å²) < 4.78 is 5.57. The van der Waals surface area contributed by atoms with Crippen molar-refractivity contribution >= 4 is 17.6 Å². The predicted molar refractivity (Wildman–Crippen MR) is 70.2 cm³/mol. The molecule has 1 fully saturated rings. The fraction of sp³-hybridized carbons (Fsp3) is 0.667. The summed E-state index contributed by atoms with van der Waals surface area (Å²) in [4.78, 5) is 8.83. The first-order valence-electron chi connectivity index (χ1n) is 6.03. The van der Waals surface area contributed by atoms with Crippen LogP contribution in [-0.2, 0) is 11.2 Å². The van der Waals surface area contributed by atoms with Crippen LogP contribution in [0, 0.1) is 6.92 Å². The van der Waals surface area contributed by atoms with Crippen molar-refractivity contribution in [2.24, 2.45) is 0 Å². The summed E-state index contributed by atoms with van der Waals surface area (Å²) >= 11 is 1.77. The molecule has 2 N–H and O–H groups in total. The van der Waals surface area contributed by atoms with Crippen molar-refractivity contribution in [3.05, 3.63) is 11.4 Å². The fourth-order valence-electron chi connectivity index (χ4n) is 1.84. The highest BCUT2D eigenvalue weighted by atomic mass is 32.2. The highest BCUT2D eigenvalue weighted by Gasteiger charge is 2.26. The molecule has 0 amide bonds. The maximum atomic E-state index is 5.91. The number of aromatic nitrogens is 2. The number of anilines is 1. The zero-order valence-electron chi connectivity index (χ0n) is 10.6. The van der Waals surface area contributed by atoms with Crippen molar-refractivity contribution in [3.8, 4) is 0 Å². The van der Waals surface area contributed by atoms with Crippen LogP contribution >= 0.6 is 11.8 Å². The second-order valence-corrected chi connectivity index (χ2v) is 5.56. The van der Waals surface area contributed by atoms with Gasteiger partial charge in [0.2, 0.25) is 0 Å². The number of thioether (sulfide) groups is 1. The van der Waals surface area contributed by atoms with E-state index in [1.165, 1.54) is 0 Å². The number of ether oxygens (including phenoxy) is 1. The quantitative estimate of drug-likeness (QED) is 0.837. The standard InChI is InChI=1S/C12H19N3OS/c1-4-10-14-11(13)7(2)12(15-10)17-9-5-6-16-8(9)3/h8-9H,4-6H2,1-3H3,(H2,13,14,15). The lowest BCUT2D eigenvalue weighted by Gasteiger charge is -2.15. The lowest BCUT2D eigenvalue weighted by atomic mass is 10.3. The van der Waals surface area contributed by atoms with Gasteiger partial charge in [-0.05, 0) is 20.3 Å². The van der Waals surface area contributed by atoms with E-state index in [2.05, 4.69) is 16.9 Å². The van der Waals surface area contributed by atoms with Gasteiger partial charge in [-0.3, -0.25) is 0 Å². The fourth-order valence-corrected chi connectivity index (χ4v) is 3.05. The third kappa shape index (κ3) is 2.72. The molecule has 2 unspecified atom stereocenters. The van der Waals surface area contributed by atoms with Crippen LogP contribution in [0.5, 0.6) is 0 Å². The zero-order valence-corrected chi connectivity index (χ0v) is 11.4. The Morgan fingerprint density at radius 1 is 1.47 bits per heavy atom. The smallest absolute Gasteiger partial charge is 0.131 e. The van der Waals surface area contributed by atoms with Crippen LogP contribution in [0.2, 0.25) is 0 Å². The van der Waals surface area contributed by atoms with Crippen molar-refractivity contribution < 1.29 is 4.74 Å². The number of nitrogens with zero attached hydrogens (tertiary/aromatic N) is 2. The van der Waals surface area contributed by atoms with Crippen LogP contribution in [-0.4, -0.2) is 27.9 Å². The zero-order chi connectivity index (χ0) is 12.4. The van der Waals surface area contributed by atoms with E-state index in [0.29, 0.717) is 17.2 Å². The number of nitrogens with two attached hydrogens (primary N) is 1.